The number of piperidine rings is 1. The molecule has 148 valence electrons. The first kappa shape index (κ1) is 17.4. The van der Waals surface area contributed by atoms with E-state index < -0.39 is 12.5 Å². The van der Waals surface area contributed by atoms with Crippen molar-refractivity contribution in [1.29, 1.82) is 0 Å². The fourth-order valence-electron chi connectivity index (χ4n) is 5.79. The zero-order valence-electron chi connectivity index (χ0n) is 15.4. The van der Waals surface area contributed by atoms with Gasteiger partial charge in [0, 0.05) is 25.0 Å². The van der Waals surface area contributed by atoms with Crippen molar-refractivity contribution in [3.05, 3.63) is 6.33 Å². The van der Waals surface area contributed by atoms with Crippen molar-refractivity contribution in [3.63, 3.8) is 0 Å². The minimum atomic E-state index is -2.45. The molecule has 1 aromatic heterocycles. The zero-order valence-corrected chi connectivity index (χ0v) is 15.4. The van der Waals surface area contributed by atoms with Gasteiger partial charge in [-0.15, -0.1) is 0 Å². The van der Waals surface area contributed by atoms with Crippen LogP contribution in [0, 0.1) is 23.7 Å². The summed E-state index contributed by atoms with van der Waals surface area (Å²) in [6, 6.07) is -0.940. The second kappa shape index (κ2) is 6.71. The van der Waals surface area contributed by atoms with E-state index in [9.17, 15) is 13.6 Å². The van der Waals surface area contributed by atoms with Gasteiger partial charge >= 0.3 is 0 Å². The number of nitrogens with one attached hydrogen (secondary N) is 1. The van der Waals surface area contributed by atoms with Crippen LogP contribution in [0.4, 0.5) is 14.7 Å². The summed E-state index contributed by atoms with van der Waals surface area (Å²) in [5.74, 6) is 2.65. The van der Waals surface area contributed by atoms with E-state index in [2.05, 4.69) is 15.4 Å². The second-order valence-electron chi connectivity index (χ2n) is 8.72. The highest BCUT2D eigenvalue weighted by molar-refractivity contribution is 5.82. The monoisotopic (exact) mass is 379 g/mol. The van der Waals surface area contributed by atoms with Crippen LogP contribution >= 0.6 is 0 Å². The SMILES string of the molecule is O=C(C1[C@@H]2CCCC[C@@H]12)N1CCC([C@@H]2C[C@H](C(F)F)n3ncnc3N2)CC1. The molecule has 1 aromatic rings. The molecule has 8 heteroatoms. The van der Waals surface area contributed by atoms with Crippen LogP contribution in [0.25, 0.3) is 0 Å². The lowest BCUT2D eigenvalue weighted by Gasteiger charge is -2.40. The van der Waals surface area contributed by atoms with Crippen molar-refractivity contribution < 1.29 is 13.6 Å². The van der Waals surface area contributed by atoms with Crippen molar-refractivity contribution in [1.82, 2.24) is 19.7 Å². The quantitative estimate of drug-likeness (QED) is 0.877. The van der Waals surface area contributed by atoms with Gasteiger partial charge in [0.15, 0.2) is 0 Å². The summed E-state index contributed by atoms with van der Waals surface area (Å²) >= 11 is 0. The third kappa shape index (κ3) is 3.01. The smallest absolute Gasteiger partial charge is 0.260 e. The highest BCUT2D eigenvalue weighted by atomic mass is 19.3. The van der Waals surface area contributed by atoms with Crippen LogP contribution in [-0.2, 0) is 4.79 Å². The lowest BCUT2D eigenvalue weighted by Crippen LogP contribution is -2.46. The molecule has 2 aliphatic carbocycles. The molecular formula is C19H27F2N5O. The summed E-state index contributed by atoms with van der Waals surface area (Å²) in [7, 11) is 0. The van der Waals surface area contributed by atoms with E-state index in [-0.39, 0.29) is 12.0 Å². The molecule has 1 N–H and O–H groups in total. The first-order valence-corrected chi connectivity index (χ1v) is 10.4. The minimum Gasteiger partial charge on any atom is -0.351 e. The van der Waals surface area contributed by atoms with Crippen molar-refractivity contribution in [2.24, 2.45) is 23.7 Å². The summed E-state index contributed by atoms with van der Waals surface area (Å²) in [5, 5.41) is 7.25. The van der Waals surface area contributed by atoms with Crippen LogP contribution < -0.4 is 5.32 Å². The molecule has 3 heterocycles. The molecule has 1 amide bonds. The molecular weight excluding hydrogens is 352 g/mol. The fourth-order valence-corrected chi connectivity index (χ4v) is 5.79. The Labute approximate surface area is 157 Å². The number of fused-ring (bicyclic) bond motifs is 2. The molecule has 4 aliphatic rings. The number of halogens is 2. The van der Waals surface area contributed by atoms with Crippen LogP contribution in [0.2, 0.25) is 0 Å². The third-order valence-corrected chi connectivity index (χ3v) is 7.35. The Balaban J connectivity index is 1.19. The standard InChI is InChI=1S/C19H27F2N5O/c20-17(21)15-9-14(24-19-22-10-23-26(15)19)11-5-7-25(8-6-11)18(27)16-12-3-1-2-4-13(12)16/h10-17H,1-9H2,(H,22,23,24)/t12-,13-,14+,15-/m1/s1. The zero-order chi connectivity index (χ0) is 18.5. The predicted octanol–water partition coefficient (Wildman–Crippen LogP) is 2.94. The van der Waals surface area contributed by atoms with Crippen molar-refractivity contribution >= 4 is 11.9 Å². The molecule has 0 bridgehead atoms. The molecule has 0 spiro atoms. The second-order valence-corrected chi connectivity index (χ2v) is 8.72. The van der Waals surface area contributed by atoms with Crippen LogP contribution in [0.3, 0.4) is 0 Å². The summed E-state index contributed by atoms with van der Waals surface area (Å²) < 4.78 is 28.2. The van der Waals surface area contributed by atoms with Gasteiger partial charge in [0.25, 0.3) is 6.43 Å². The molecule has 3 fully saturated rings. The Hall–Kier alpha value is -1.73. The van der Waals surface area contributed by atoms with Crippen LogP contribution in [0.15, 0.2) is 6.33 Å². The average molecular weight is 379 g/mol. The molecule has 0 unspecified atom stereocenters. The lowest BCUT2D eigenvalue weighted by molar-refractivity contribution is -0.134. The Morgan fingerprint density at radius 1 is 1.15 bits per heavy atom. The van der Waals surface area contributed by atoms with Gasteiger partial charge in [-0.25, -0.2) is 13.5 Å². The van der Waals surface area contributed by atoms with E-state index >= 15 is 0 Å². The Bertz CT molecular complexity index is 690. The first-order valence-electron chi connectivity index (χ1n) is 10.4. The van der Waals surface area contributed by atoms with Crippen LogP contribution in [-0.4, -0.2) is 51.1 Å². The Morgan fingerprint density at radius 3 is 2.52 bits per heavy atom. The Kier molecular flexibility index (Phi) is 4.31. The van der Waals surface area contributed by atoms with E-state index in [0.29, 0.717) is 36.0 Å². The number of carbonyl (C=O) groups is 1. The summed E-state index contributed by atoms with van der Waals surface area (Å²) in [6.07, 6.45) is 5.97. The highest BCUT2D eigenvalue weighted by Crippen LogP contribution is 2.56. The molecule has 1 saturated heterocycles. The fraction of sp³-hybridized carbons (Fsp3) is 0.842. The molecule has 2 aliphatic heterocycles. The number of hydrogen-bond acceptors (Lipinski definition) is 4. The van der Waals surface area contributed by atoms with Gasteiger partial charge in [-0.3, -0.25) is 4.79 Å². The van der Waals surface area contributed by atoms with E-state index in [1.165, 1.54) is 36.7 Å². The van der Waals surface area contributed by atoms with E-state index in [0.717, 1.165) is 25.9 Å². The van der Waals surface area contributed by atoms with Gasteiger partial charge in [0.2, 0.25) is 11.9 Å². The van der Waals surface area contributed by atoms with Crippen molar-refractivity contribution in [3.8, 4) is 0 Å². The number of anilines is 1. The molecule has 0 radical (unpaired) electrons. The summed E-state index contributed by atoms with van der Waals surface area (Å²) in [5.41, 5.74) is 0. The number of amides is 1. The van der Waals surface area contributed by atoms with Gasteiger partial charge < -0.3 is 10.2 Å². The number of nitrogens with zero attached hydrogens (tertiary/aromatic N) is 4. The number of aromatic nitrogens is 3. The van der Waals surface area contributed by atoms with Gasteiger partial charge in [0.1, 0.15) is 12.4 Å². The van der Waals surface area contributed by atoms with Gasteiger partial charge in [-0.1, -0.05) is 12.8 Å². The summed E-state index contributed by atoms with van der Waals surface area (Å²) in [6.45, 7) is 1.51. The van der Waals surface area contributed by atoms with E-state index in [1.807, 2.05) is 4.90 Å². The minimum absolute atomic E-state index is 0.0264. The number of likely N-dealkylation sites (tertiary alicyclic amines) is 1. The van der Waals surface area contributed by atoms with Crippen LogP contribution in [0.5, 0.6) is 0 Å². The maximum Gasteiger partial charge on any atom is 0.260 e. The first-order chi connectivity index (χ1) is 13.1. The maximum atomic E-state index is 13.5. The molecule has 0 aromatic carbocycles. The van der Waals surface area contributed by atoms with E-state index in [4.69, 9.17) is 0 Å². The van der Waals surface area contributed by atoms with Crippen molar-refractivity contribution in [2.75, 3.05) is 18.4 Å². The largest absolute Gasteiger partial charge is 0.351 e. The predicted molar refractivity (Wildman–Crippen MR) is 95.3 cm³/mol. The van der Waals surface area contributed by atoms with Gasteiger partial charge in [-0.2, -0.15) is 10.1 Å². The molecule has 4 atom stereocenters. The average Bonchev–Trinajstić information content (AvgIpc) is 3.23. The van der Waals surface area contributed by atoms with E-state index in [1.54, 1.807) is 0 Å². The summed E-state index contributed by atoms with van der Waals surface area (Å²) in [4.78, 5) is 19.0. The van der Waals surface area contributed by atoms with Gasteiger partial charge in [-0.05, 0) is 49.9 Å². The lowest BCUT2D eigenvalue weighted by atomic mass is 9.85. The molecule has 2 saturated carbocycles. The number of hydrogen-bond donors (Lipinski definition) is 1. The topological polar surface area (TPSA) is 63.1 Å². The number of alkyl halides is 2. The maximum absolute atomic E-state index is 13.5. The van der Waals surface area contributed by atoms with Gasteiger partial charge in [0.05, 0.1) is 0 Å². The van der Waals surface area contributed by atoms with Crippen LogP contribution in [0.1, 0.15) is 51.0 Å². The normalized spacial score (nSPS) is 36.1. The number of carbonyl (C=O) groups excluding carboxylic acids is 1. The van der Waals surface area contributed by atoms with Crippen molar-refractivity contribution in [2.45, 2.75) is 63.5 Å². The molecule has 27 heavy (non-hydrogen) atoms. The highest BCUT2D eigenvalue weighted by Gasteiger charge is 2.56. The Morgan fingerprint density at radius 2 is 1.85 bits per heavy atom. The molecule has 5 rings (SSSR count). The number of rotatable bonds is 3. The third-order valence-electron chi connectivity index (χ3n) is 7.35. The molecule has 6 nitrogen and oxygen atoms in total.